The van der Waals surface area contributed by atoms with Crippen LogP contribution in [-0.2, 0) is 4.79 Å². The van der Waals surface area contributed by atoms with Crippen LogP contribution < -0.4 is 4.90 Å². The van der Waals surface area contributed by atoms with Crippen molar-refractivity contribution in [1.82, 2.24) is 0 Å². The summed E-state index contributed by atoms with van der Waals surface area (Å²) < 4.78 is 0. The molecule has 0 aliphatic carbocycles. The molecular formula is C15H15NO2S. The Balaban J connectivity index is 2.49. The van der Waals surface area contributed by atoms with Crippen molar-refractivity contribution in [3.8, 4) is 12.3 Å². The number of anilines is 1. The smallest absolute Gasteiger partial charge is 0.241 e. The molecule has 1 aliphatic heterocycles. The van der Waals surface area contributed by atoms with Crippen LogP contribution in [-0.4, -0.2) is 23.5 Å². The molecule has 0 aromatic heterocycles. The average molecular weight is 273 g/mol. The Labute approximate surface area is 117 Å². The molecule has 1 amide bonds. The van der Waals surface area contributed by atoms with Crippen molar-refractivity contribution in [2.45, 2.75) is 30.4 Å². The molecule has 4 heteroatoms. The lowest BCUT2D eigenvalue weighted by Gasteiger charge is -2.31. The quantitative estimate of drug-likeness (QED) is 0.627. The van der Waals surface area contributed by atoms with Gasteiger partial charge in [-0.15, -0.1) is 18.2 Å². The van der Waals surface area contributed by atoms with Crippen molar-refractivity contribution < 1.29 is 9.59 Å². The predicted octanol–water partition coefficient (Wildman–Crippen LogP) is 2.74. The molecule has 1 atom stereocenters. The fourth-order valence-corrected chi connectivity index (χ4v) is 3.08. The molecule has 0 N–H and O–H groups in total. The second-order valence-electron chi connectivity index (χ2n) is 4.35. The normalized spacial score (nSPS) is 17.8. The Hall–Kier alpha value is -1.73. The standard InChI is InChI=1S/C15H15NO2S/c1-4-8-16-12-9-11(13(17)5-2)6-7-14(12)19-10(3)15(16)18/h1,6-7,9-10H,5,8H2,2-3H3. The van der Waals surface area contributed by atoms with Crippen LogP contribution in [0.25, 0.3) is 0 Å². The molecule has 0 bridgehead atoms. The minimum absolute atomic E-state index is 0.00320. The number of carbonyl (C=O) groups excluding carboxylic acids is 2. The van der Waals surface area contributed by atoms with E-state index in [9.17, 15) is 9.59 Å². The summed E-state index contributed by atoms with van der Waals surface area (Å²) in [6.07, 6.45) is 5.78. The van der Waals surface area contributed by atoms with E-state index in [-0.39, 0.29) is 23.5 Å². The molecule has 0 saturated heterocycles. The van der Waals surface area contributed by atoms with E-state index in [0.717, 1.165) is 10.6 Å². The van der Waals surface area contributed by atoms with E-state index < -0.39 is 0 Å². The van der Waals surface area contributed by atoms with Gasteiger partial charge < -0.3 is 0 Å². The van der Waals surface area contributed by atoms with Gasteiger partial charge >= 0.3 is 0 Å². The Morgan fingerprint density at radius 1 is 1.53 bits per heavy atom. The fraction of sp³-hybridized carbons (Fsp3) is 0.333. The number of hydrogen-bond donors (Lipinski definition) is 0. The molecule has 0 fully saturated rings. The molecule has 0 radical (unpaired) electrons. The summed E-state index contributed by atoms with van der Waals surface area (Å²) in [6, 6.07) is 5.48. The van der Waals surface area contributed by atoms with Crippen LogP contribution >= 0.6 is 11.8 Å². The summed E-state index contributed by atoms with van der Waals surface area (Å²) in [7, 11) is 0. The number of ketones is 1. The molecular weight excluding hydrogens is 258 g/mol. The lowest BCUT2D eigenvalue weighted by Crippen LogP contribution is -2.40. The Morgan fingerprint density at radius 3 is 2.89 bits per heavy atom. The molecule has 19 heavy (non-hydrogen) atoms. The number of terminal acetylenes is 1. The van der Waals surface area contributed by atoms with E-state index in [2.05, 4.69) is 5.92 Å². The summed E-state index contributed by atoms with van der Waals surface area (Å²) in [6.45, 7) is 3.92. The SMILES string of the molecule is C#CCN1C(=O)C(C)Sc2ccc(C(=O)CC)cc21. The van der Waals surface area contributed by atoms with Gasteiger partial charge in [0.25, 0.3) is 0 Å². The zero-order chi connectivity index (χ0) is 14.0. The van der Waals surface area contributed by atoms with Crippen molar-refractivity contribution in [3.63, 3.8) is 0 Å². The van der Waals surface area contributed by atoms with Gasteiger partial charge in [0, 0.05) is 16.9 Å². The highest BCUT2D eigenvalue weighted by molar-refractivity contribution is 8.00. The van der Waals surface area contributed by atoms with Crippen molar-refractivity contribution in [1.29, 1.82) is 0 Å². The first-order valence-corrected chi connectivity index (χ1v) is 7.05. The van der Waals surface area contributed by atoms with Gasteiger partial charge in [-0.25, -0.2) is 0 Å². The molecule has 2 rings (SSSR count). The van der Waals surface area contributed by atoms with E-state index in [4.69, 9.17) is 6.42 Å². The van der Waals surface area contributed by atoms with Crippen molar-refractivity contribution in [2.24, 2.45) is 0 Å². The number of thioether (sulfide) groups is 1. The number of rotatable bonds is 3. The third-order valence-corrected chi connectivity index (χ3v) is 4.21. The number of benzene rings is 1. The van der Waals surface area contributed by atoms with E-state index in [1.165, 1.54) is 11.8 Å². The number of amides is 1. The highest BCUT2D eigenvalue weighted by atomic mass is 32.2. The van der Waals surface area contributed by atoms with Gasteiger partial charge in [0.1, 0.15) is 0 Å². The van der Waals surface area contributed by atoms with Crippen LogP contribution in [0.5, 0.6) is 0 Å². The van der Waals surface area contributed by atoms with Crippen molar-refractivity contribution >= 4 is 29.1 Å². The minimum atomic E-state index is -0.145. The fourth-order valence-electron chi connectivity index (χ4n) is 2.04. The maximum Gasteiger partial charge on any atom is 0.241 e. The van der Waals surface area contributed by atoms with Gasteiger partial charge in [-0.2, -0.15) is 0 Å². The third kappa shape index (κ3) is 2.52. The maximum absolute atomic E-state index is 12.2. The molecule has 1 heterocycles. The van der Waals surface area contributed by atoms with Gasteiger partial charge in [0.05, 0.1) is 17.5 Å². The topological polar surface area (TPSA) is 37.4 Å². The largest absolute Gasteiger partial charge is 0.299 e. The van der Waals surface area contributed by atoms with Crippen LogP contribution in [0.2, 0.25) is 0 Å². The van der Waals surface area contributed by atoms with Crippen LogP contribution in [0, 0.1) is 12.3 Å². The maximum atomic E-state index is 12.2. The van der Waals surface area contributed by atoms with E-state index >= 15 is 0 Å². The van der Waals surface area contributed by atoms with Gasteiger partial charge in [-0.05, 0) is 19.1 Å². The number of hydrogen-bond acceptors (Lipinski definition) is 3. The molecule has 1 aromatic carbocycles. The molecule has 3 nitrogen and oxygen atoms in total. The molecule has 1 unspecified atom stereocenters. The Kier molecular flexibility index (Phi) is 3.96. The van der Waals surface area contributed by atoms with Gasteiger partial charge in [-0.1, -0.05) is 18.9 Å². The monoisotopic (exact) mass is 273 g/mol. The Morgan fingerprint density at radius 2 is 2.26 bits per heavy atom. The molecule has 0 saturated carbocycles. The average Bonchev–Trinajstić information content (AvgIpc) is 2.42. The lowest BCUT2D eigenvalue weighted by molar-refractivity contribution is -0.117. The van der Waals surface area contributed by atoms with Crippen LogP contribution in [0.1, 0.15) is 30.6 Å². The van der Waals surface area contributed by atoms with Crippen LogP contribution in [0.3, 0.4) is 0 Å². The number of nitrogens with zero attached hydrogens (tertiary/aromatic N) is 1. The Bertz CT molecular complexity index is 574. The number of Topliss-reactive ketones (excluding diaryl/α,β-unsaturated/α-hetero) is 1. The summed E-state index contributed by atoms with van der Waals surface area (Å²) in [5.41, 5.74) is 1.39. The van der Waals surface area contributed by atoms with E-state index in [1.54, 1.807) is 11.0 Å². The molecule has 98 valence electrons. The molecule has 1 aromatic rings. The summed E-state index contributed by atoms with van der Waals surface area (Å²) in [5, 5.41) is -0.145. The third-order valence-electron chi connectivity index (χ3n) is 3.06. The highest BCUT2D eigenvalue weighted by Gasteiger charge is 2.30. The molecule has 1 aliphatic rings. The van der Waals surface area contributed by atoms with Gasteiger partial charge in [-0.3, -0.25) is 14.5 Å². The summed E-state index contributed by atoms with van der Waals surface area (Å²) >= 11 is 1.51. The second kappa shape index (κ2) is 5.50. The van der Waals surface area contributed by atoms with E-state index in [0.29, 0.717) is 12.0 Å². The first kappa shape index (κ1) is 13.7. The lowest BCUT2D eigenvalue weighted by atomic mass is 10.1. The van der Waals surface area contributed by atoms with Crippen LogP contribution in [0.4, 0.5) is 5.69 Å². The van der Waals surface area contributed by atoms with Crippen molar-refractivity contribution in [3.05, 3.63) is 23.8 Å². The number of fused-ring (bicyclic) bond motifs is 1. The second-order valence-corrected chi connectivity index (χ2v) is 5.73. The molecule has 0 spiro atoms. The minimum Gasteiger partial charge on any atom is -0.299 e. The first-order chi connectivity index (χ1) is 9.08. The zero-order valence-electron chi connectivity index (χ0n) is 11.0. The van der Waals surface area contributed by atoms with Crippen LogP contribution in [0.15, 0.2) is 23.1 Å². The first-order valence-electron chi connectivity index (χ1n) is 6.17. The highest BCUT2D eigenvalue weighted by Crippen LogP contribution is 2.39. The zero-order valence-corrected chi connectivity index (χ0v) is 11.8. The van der Waals surface area contributed by atoms with Gasteiger partial charge in [0.15, 0.2) is 5.78 Å². The van der Waals surface area contributed by atoms with Crippen molar-refractivity contribution in [2.75, 3.05) is 11.4 Å². The number of carbonyl (C=O) groups is 2. The van der Waals surface area contributed by atoms with E-state index in [1.807, 2.05) is 26.0 Å². The summed E-state index contributed by atoms with van der Waals surface area (Å²) in [5.74, 6) is 2.57. The predicted molar refractivity (Wildman–Crippen MR) is 77.6 cm³/mol. The van der Waals surface area contributed by atoms with Gasteiger partial charge in [0.2, 0.25) is 5.91 Å². The summed E-state index contributed by atoms with van der Waals surface area (Å²) in [4.78, 5) is 26.5.